The zero-order valence-electron chi connectivity index (χ0n) is 5.25. The van der Waals surface area contributed by atoms with Gasteiger partial charge in [0.05, 0.1) is 12.3 Å². The molecule has 1 atom stereocenters. The highest BCUT2D eigenvalue weighted by Crippen LogP contribution is 2.32. The second kappa shape index (κ2) is 2.32. The van der Waals surface area contributed by atoms with Crippen molar-refractivity contribution in [3.63, 3.8) is 0 Å². The molecule has 0 N–H and O–H groups in total. The topological polar surface area (TPSA) is 25.4 Å². The SMILES string of the molecule is Brc1cccnc1[C@@H]1CO1. The van der Waals surface area contributed by atoms with E-state index in [9.17, 15) is 0 Å². The van der Waals surface area contributed by atoms with Gasteiger partial charge in [-0.25, -0.2) is 0 Å². The number of epoxide rings is 1. The van der Waals surface area contributed by atoms with E-state index in [1.165, 1.54) is 0 Å². The van der Waals surface area contributed by atoms with Crippen molar-refractivity contribution in [1.29, 1.82) is 0 Å². The Balaban J connectivity index is 2.39. The minimum absolute atomic E-state index is 0.246. The summed E-state index contributed by atoms with van der Waals surface area (Å²) in [5, 5.41) is 0. The van der Waals surface area contributed by atoms with Crippen LogP contribution < -0.4 is 0 Å². The third kappa shape index (κ3) is 1.07. The molecule has 3 heteroatoms. The zero-order valence-corrected chi connectivity index (χ0v) is 6.84. The maximum Gasteiger partial charge on any atom is 0.124 e. The molecule has 1 aliphatic rings. The van der Waals surface area contributed by atoms with Crippen molar-refractivity contribution < 1.29 is 4.74 Å². The number of pyridine rings is 1. The Labute approximate surface area is 67.4 Å². The van der Waals surface area contributed by atoms with Gasteiger partial charge in [-0.3, -0.25) is 4.98 Å². The molecule has 0 bridgehead atoms. The van der Waals surface area contributed by atoms with Gasteiger partial charge < -0.3 is 4.74 Å². The highest BCUT2D eigenvalue weighted by molar-refractivity contribution is 9.10. The summed E-state index contributed by atoms with van der Waals surface area (Å²) < 4.78 is 6.12. The average Bonchev–Trinajstić information content (AvgIpc) is 2.71. The van der Waals surface area contributed by atoms with Crippen LogP contribution in [0.4, 0.5) is 0 Å². The zero-order chi connectivity index (χ0) is 6.97. The van der Waals surface area contributed by atoms with Crippen LogP contribution in [0, 0.1) is 0 Å². The molecule has 2 rings (SSSR count). The van der Waals surface area contributed by atoms with Crippen LogP contribution in [0.5, 0.6) is 0 Å². The predicted octanol–water partition coefficient (Wildman–Crippen LogP) is 1.92. The second-order valence-electron chi connectivity index (χ2n) is 2.19. The fraction of sp³-hybridized carbons (Fsp3) is 0.286. The monoisotopic (exact) mass is 199 g/mol. The lowest BCUT2D eigenvalue weighted by Gasteiger charge is -1.95. The van der Waals surface area contributed by atoms with Crippen molar-refractivity contribution in [2.45, 2.75) is 6.10 Å². The van der Waals surface area contributed by atoms with E-state index in [0.29, 0.717) is 0 Å². The highest BCUT2D eigenvalue weighted by Gasteiger charge is 2.27. The van der Waals surface area contributed by atoms with Crippen LogP contribution in [0.1, 0.15) is 11.8 Å². The van der Waals surface area contributed by atoms with Gasteiger partial charge in [0.15, 0.2) is 0 Å². The molecule has 2 heterocycles. The molecular formula is C7H6BrNO. The van der Waals surface area contributed by atoms with E-state index in [0.717, 1.165) is 16.8 Å². The fourth-order valence-electron chi connectivity index (χ4n) is 0.841. The molecule has 0 aromatic carbocycles. The van der Waals surface area contributed by atoms with E-state index in [-0.39, 0.29) is 6.10 Å². The molecule has 0 amide bonds. The third-order valence-corrected chi connectivity index (χ3v) is 2.10. The van der Waals surface area contributed by atoms with Crippen LogP contribution in [0.25, 0.3) is 0 Å². The van der Waals surface area contributed by atoms with Crippen LogP contribution in [-0.4, -0.2) is 11.6 Å². The molecule has 0 spiro atoms. The van der Waals surface area contributed by atoms with Gasteiger partial charge in [-0.2, -0.15) is 0 Å². The molecule has 1 aromatic rings. The Morgan fingerprint density at radius 2 is 2.50 bits per heavy atom. The van der Waals surface area contributed by atoms with Gasteiger partial charge in [0, 0.05) is 10.7 Å². The van der Waals surface area contributed by atoms with Gasteiger partial charge >= 0.3 is 0 Å². The normalized spacial score (nSPS) is 22.7. The number of hydrogen-bond acceptors (Lipinski definition) is 2. The van der Waals surface area contributed by atoms with Crippen molar-refractivity contribution in [2.75, 3.05) is 6.61 Å². The average molecular weight is 200 g/mol. The van der Waals surface area contributed by atoms with Gasteiger partial charge in [0.25, 0.3) is 0 Å². The minimum atomic E-state index is 0.246. The number of aromatic nitrogens is 1. The Morgan fingerprint density at radius 1 is 1.70 bits per heavy atom. The van der Waals surface area contributed by atoms with Gasteiger partial charge in [0.1, 0.15) is 6.10 Å². The maximum atomic E-state index is 5.08. The first-order valence-corrected chi connectivity index (χ1v) is 3.89. The molecule has 2 nitrogen and oxygen atoms in total. The van der Waals surface area contributed by atoms with Crippen molar-refractivity contribution >= 4 is 15.9 Å². The Bertz CT molecular complexity index is 247. The number of rotatable bonds is 1. The van der Waals surface area contributed by atoms with Crippen molar-refractivity contribution in [3.05, 3.63) is 28.5 Å². The molecule has 1 saturated heterocycles. The molecular weight excluding hydrogens is 194 g/mol. The first-order chi connectivity index (χ1) is 4.88. The lowest BCUT2D eigenvalue weighted by molar-refractivity contribution is 0.410. The van der Waals surface area contributed by atoms with E-state index in [1.807, 2.05) is 12.1 Å². The summed E-state index contributed by atoms with van der Waals surface area (Å²) in [5.41, 5.74) is 1.02. The number of nitrogens with zero attached hydrogens (tertiary/aromatic N) is 1. The molecule has 1 aliphatic heterocycles. The summed E-state index contributed by atoms with van der Waals surface area (Å²) in [7, 11) is 0. The molecule has 0 radical (unpaired) electrons. The van der Waals surface area contributed by atoms with E-state index in [4.69, 9.17) is 4.74 Å². The van der Waals surface area contributed by atoms with Crippen molar-refractivity contribution in [1.82, 2.24) is 4.98 Å². The standard InChI is InChI=1S/C7H6BrNO/c8-5-2-1-3-9-7(5)6-4-10-6/h1-3,6H,4H2/t6-/m0/s1. The number of ether oxygens (including phenoxy) is 1. The molecule has 1 aromatic heterocycles. The van der Waals surface area contributed by atoms with Crippen LogP contribution in [0.3, 0.4) is 0 Å². The van der Waals surface area contributed by atoms with Crippen LogP contribution >= 0.6 is 15.9 Å². The quantitative estimate of drug-likeness (QED) is 0.647. The summed E-state index contributed by atoms with van der Waals surface area (Å²) in [6.07, 6.45) is 2.03. The highest BCUT2D eigenvalue weighted by atomic mass is 79.9. The van der Waals surface area contributed by atoms with Gasteiger partial charge in [0.2, 0.25) is 0 Å². The summed E-state index contributed by atoms with van der Waals surface area (Å²) in [6.45, 7) is 0.815. The lowest BCUT2D eigenvalue weighted by Crippen LogP contribution is -1.86. The van der Waals surface area contributed by atoms with E-state index < -0.39 is 0 Å². The molecule has 0 unspecified atom stereocenters. The van der Waals surface area contributed by atoms with Gasteiger partial charge in [-0.1, -0.05) is 0 Å². The first kappa shape index (κ1) is 6.31. The van der Waals surface area contributed by atoms with Gasteiger partial charge in [-0.05, 0) is 28.1 Å². The van der Waals surface area contributed by atoms with E-state index >= 15 is 0 Å². The smallest absolute Gasteiger partial charge is 0.124 e. The summed E-state index contributed by atoms with van der Waals surface area (Å²) in [6, 6.07) is 3.87. The van der Waals surface area contributed by atoms with Crippen LogP contribution in [0.15, 0.2) is 22.8 Å². The molecule has 0 aliphatic carbocycles. The van der Waals surface area contributed by atoms with Crippen LogP contribution in [0.2, 0.25) is 0 Å². The van der Waals surface area contributed by atoms with Crippen molar-refractivity contribution in [3.8, 4) is 0 Å². The van der Waals surface area contributed by atoms with E-state index in [2.05, 4.69) is 20.9 Å². The lowest BCUT2D eigenvalue weighted by atomic mass is 10.3. The fourth-order valence-corrected chi connectivity index (χ4v) is 1.35. The van der Waals surface area contributed by atoms with Gasteiger partial charge in [-0.15, -0.1) is 0 Å². The maximum absolute atomic E-state index is 5.08. The Morgan fingerprint density at radius 3 is 3.10 bits per heavy atom. The number of halogens is 1. The Kier molecular flexibility index (Phi) is 1.47. The second-order valence-corrected chi connectivity index (χ2v) is 3.05. The molecule has 10 heavy (non-hydrogen) atoms. The molecule has 52 valence electrons. The van der Waals surface area contributed by atoms with Crippen molar-refractivity contribution in [2.24, 2.45) is 0 Å². The Hall–Kier alpha value is -0.410. The molecule has 1 fully saturated rings. The summed E-state index contributed by atoms with van der Waals surface area (Å²) >= 11 is 3.39. The third-order valence-electron chi connectivity index (χ3n) is 1.43. The first-order valence-electron chi connectivity index (χ1n) is 3.10. The largest absolute Gasteiger partial charge is 0.366 e. The predicted molar refractivity (Wildman–Crippen MR) is 40.6 cm³/mol. The van der Waals surface area contributed by atoms with E-state index in [1.54, 1.807) is 6.20 Å². The summed E-state index contributed by atoms with van der Waals surface area (Å²) in [5.74, 6) is 0. The molecule has 0 saturated carbocycles. The minimum Gasteiger partial charge on any atom is -0.366 e. The van der Waals surface area contributed by atoms with Crippen LogP contribution in [-0.2, 0) is 4.74 Å². The number of hydrogen-bond donors (Lipinski definition) is 0. The summed E-state index contributed by atoms with van der Waals surface area (Å²) in [4.78, 5) is 4.17.